The van der Waals surface area contributed by atoms with Crippen molar-refractivity contribution in [1.82, 2.24) is 10.4 Å². The van der Waals surface area contributed by atoms with Crippen molar-refractivity contribution in [2.75, 3.05) is 0 Å². The molecule has 1 N–H and O–H groups in total. The van der Waals surface area contributed by atoms with Crippen LogP contribution in [0.25, 0.3) is 0 Å². The number of nitrogens with zero attached hydrogens (tertiary/aromatic N) is 1. The number of hydrazine groups is 1. The van der Waals surface area contributed by atoms with Crippen molar-refractivity contribution in [2.24, 2.45) is 0 Å². The Labute approximate surface area is 135 Å². The van der Waals surface area contributed by atoms with Gasteiger partial charge in [0.2, 0.25) is 0 Å². The second-order valence-electron chi connectivity index (χ2n) is 4.90. The first-order chi connectivity index (χ1) is 10.5. The van der Waals surface area contributed by atoms with E-state index in [0.29, 0.717) is 5.56 Å². The first kappa shape index (κ1) is 14.5. The molecule has 1 aliphatic rings. The van der Waals surface area contributed by atoms with E-state index in [9.17, 15) is 14.4 Å². The van der Waals surface area contributed by atoms with Gasteiger partial charge >= 0.3 is 0 Å². The summed E-state index contributed by atoms with van der Waals surface area (Å²) >= 11 is 3.35. The summed E-state index contributed by atoms with van der Waals surface area (Å²) in [7, 11) is 0. The number of halogens is 1. The molecule has 0 aliphatic carbocycles. The summed E-state index contributed by atoms with van der Waals surface area (Å²) in [6.07, 6.45) is 0. The molecule has 110 valence electrons. The Morgan fingerprint density at radius 2 is 1.64 bits per heavy atom. The average Bonchev–Trinajstić information content (AvgIpc) is 2.75. The fraction of sp³-hybridized carbons (Fsp3) is 0.0625. The third-order valence-corrected chi connectivity index (χ3v) is 4.30. The minimum Gasteiger partial charge on any atom is -0.267 e. The van der Waals surface area contributed by atoms with Crippen LogP contribution in [0.1, 0.15) is 36.6 Å². The predicted octanol–water partition coefficient (Wildman–Crippen LogP) is 2.70. The number of hydrogen-bond acceptors (Lipinski definition) is 3. The van der Waals surface area contributed by atoms with E-state index >= 15 is 0 Å². The van der Waals surface area contributed by atoms with Crippen LogP contribution in [-0.2, 0) is 0 Å². The lowest BCUT2D eigenvalue weighted by atomic mass is 10.1. The minimum atomic E-state index is -0.528. The van der Waals surface area contributed by atoms with Gasteiger partial charge in [-0.25, -0.2) is 0 Å². The summed E-state index contributed by atoms with van der Waals surface area (Å²) in [4.78, 5) is 36.6. The monoisotopic (exact) mass is 358 g/mol. The second kappa shape index (κ2) is 5.38. The summed E-state index contributed by atoms with van der Waals surface area (Å²) in [5.74, 6) is -1.57. The highest BCUT2D eigenvalue weighted by molar-refractivity contribution is 9.10. The fourth-order valence-electron chi connectivity index (χ4n) is 2.19. The van der Waals surface area contributed by atoms with Crippen LogP contribution in [-0.4, -0.2) is 22.7 Å². The number of benzene rings is 2. The SMILES string of the molecule is Cc1ccc(C(=O)NN2C(=O)c3ccccc3C2=O)cc1Br. The van der Waals surface area contributed by atoms with Gasteiger partial charge in [-0.1, -0.05) is 34.1 Å². The van der Waals surface area contributed by atoms with Gasteiger partial charge in [0.15, 0.2) is 0 Å². The smallest absolute Gasteiger partial charge is 0.267 e. The Balaban J connectivity index is 1.85. The van der Waals surface area contributed by atoms with Crippen LogP contribution >= 0.6 is 15.9 Å². The quantitative estimate of drug-likeness (QED) is 0.839. The van der Waals surface area contributed by atoms with Crippen LogP contribution in [0.2, 0.25) is 0 Å². The second-order valence-corrected chi connectivity index (χ2v) is 5.75. The van der Waals surface area contributed by atoms with Gasteiger partial charge in [0.1, 0.15) is 0 Å². The van der Waals surface area contributed by atoms with Gasteiger partial charge in [-0.2, -0.15) is 5.01 Å². The average molecular weight is 359 g/mol. The Kier molecular flexibility index (Phi) is 3.54. The first-order valence-corrected chi connectivity index (χ1v) is 7.33. The van der Waals surface area contributed by atoms with E-state index < -0.39 is 17.7 Å². The van der Waals surface area contributed by atoms with Gasteiger partial charge in [-0.05, 0) is 36.8 Å². The normalized spacial score (nSPS) is 13.3. The number of carbonyl (C=O) groups is 3. The van der Waals surface area contributed by atoms with Gasteiger partial charge in [0.05, 0.1) is 11.1 Å². The number of aryl methyl sites for hydroxylation is 1. The van der Waals surface area contributed by atoms with Crippen molar-refractivity contribution in [1.29, 1.82) is 0 Å². The molecule has 6 heteroatoms. The van der Waals surface area contributed by atoms with E-state index in [-0.39, 0.29) is 11.1 Å². The van der Waals surface area contributed by atoms with Crippen LogP contribution in [0.3, 0.4) is 0 Å². The zero-order chi connectivity index (χ0) is 15.9. The molecule has 0 saturated carbocycles. The highest BCUT2D eigenvalue weighted by Gasteiger charge is 2.36. The number of fused-ring (bicyclic) bond motifs is 1. The number of carbonyl (C=O) groups excluding carboxylic acids is 3. The highest BCUT2D eigenvalue weighted by Crippen LogP contribution is 2.22. The molecule has 22 heavy (non-hydrogen) atoms. The van der Waals surface area contributed by atoms with Crippen LogP contribution in [0.5, 0.6) is 0 Å². The number of rotatable bonds is 2. The molecule has 1 heterocycles. The summed E-state index contributed by atoms with van der Waals surface area (Å²) in [5.41, 5.74) is 4.28. The van der Waals surface area contributed by atoms with Gasteiger partial charge in [-0.3, -0.25) is 19.8 Å². The van der Waals surface area contributed by atoms with E-state index in [0.717, 1.165) is 15.0 Å². The Bertz CT molecular complexity index is 782. The van der Waals surface area contributed by atoms with E-state index in [4.69, 9.17) is 0 Å². The van der Waals surface area contributed by atoms with Gasteiger partial charge < -0.3 is 0 Å². The van der Waals surface area contributed by atoms with Crippen LogP contribution in [0.15, 0.2) is 46.9 Å². The fourth-order valence-corrected chi connectivity index (χ4v) is 2.57. The molecule has 0 radical (unpaired) electrons. The lowest BCUT2D eigenvalue weighted by Crippen LogP contribution is -2.45. The summed E-state index contributed by atoms with van der Waals surface area (Å²) < 4.78 is 0.780. The van der Waals surface area contributed by atoms with Crippen LogP contribution in [0.4, 0.5) is 0 Å². The Morgan fingerprint density at radius 3 is 2.18 bits per heavy atom. The zero-order valence-electron chi connectivity index (χ0n) is 11.6. The maximum Gasteiger partial charge on any atom is 0.280 e. The number of imide groups is 1. The third-order valence-electron chi connectivity index (χ3n) is 3.44. The molecule has 2 aromatic rings. The van der Waals surface area contributed by atoms with Crippen molar-refractivity contribution in [2.45, 2.75) is 6.92 Å². The summed E-state index contributed by atoms with van der Waals surface area (Å²) in [6, 6.07) is 11.5. The topological polar surface area (TPSA) is 66.5 Å². The Hall–Kier alpha value is -2.47. The molecule has 3 amide bonds. The molecule has 0 unspecified atom stereocenters. The molecule has 1 aliphatic heterocycles. The summed E-state index contributed by atoms with van der Waals surface area (Å²) in [5, 5.41) is 0.751. The molecular formula is C16H11BrN2O3. The zero-order valence-corrected chi connectivity index (χ0v) is 13.2. The van der Waals surface area contributed by atoms with E-state index in [1.165, 1.54) is 0 Å². The minimum absolute atomic E-state index is 0.290. The first-order valence-electron chi connectivity index (χ1n) is 6.54. The lowest BCUT2D eigenvalue weighted by Gasteiger charge is -2.15. The van der Waals surface area contributed by atoms with Gasteiger partial charge in [0.25, 0.3) is 17.7 Å². The molecule has 0 atom stereocenters. The third kappa shape index (κ3) is 2.31. The molecule has 0 spiro atoms. The summed E-state index contributed by atoms with van der Waals surface area (Å²) in [6.45, 7) is 1.90. The molecular weight excluding hydrogens is 348 g/mol. The van der Waals surface area contributed by atoms with Crippen molar-refractivity contribution < 1.29 is 14.4 Å². The number of nitrogens with one attached hydrogen (secondary N) is 1. The predicted molar refractivity (Wildman–Crippen MR) is 83.3 cm³/mol. The molecule has 0 aromatic heterocycles. The molecule has 0 saturated heterocycles. The van der Waals surface area contributed by atoms with Crippen molar-refractivity contribution >= 4 is 33.7 Å². The molecule has 2 aromatic carbocycles. The Morgan fingerprint density at radius 1 is 1.05 bits per heavy atom. The van der Waals surface area contributed by atoms with E-state index in [2.05, 4.69) is 21.4 Å². The van der Waals surface area contributed by atoms with Crippen LogP contribution < -0.4 is 5.43 Å². The van der Waals surface area contributed by atoms with E-state index in [1.807, 2.05) is 6.92 Å². The molecule has 3 rings (SSSR count). The lowest BCUT2D eigenvalue weighted by molar-refractivity contribution is 0.0518. The molecule has 0 fully saturated rings. The van der Waals surface area contributed by atoms with Crippen molar-refractivity contribution in [3.05, 3.63) is 69.2 Å². The standard InChI is InChI=1S/C16H11BrN2O3/c1-9-6-7-10(8-13(9)17)14(20)18-19-15(21)11-4-2-3-5-12(11)16(19)22/h2-8H,1H3,(H,18,20). The van der Waals surface area contributed by atoms with Crippen LogP contribution in [0, 0.1) is 6.92 Å². The molecule has 5 nitrogen and oxygen atoms in total. The van der Waals surface area contributed by atoms with E-state index in [1.54, 1.807) is 42.5 Å². The van der Waals surface area contributed by atoms with Gasteiger partial charge in [-0.15, -0.1) is 0 Å². The number of hydrogen-bond donors (Lipinski definition) is 1. The maximum absolute atomic E-state index is 12.2. The highest BCUT2D eigenvalue weighted by atomic mass is 79.9. The maximum atomic E-state index is 12.2. The largest absolute Gasteiger partial charge is 0.280 e. The van der Waals surface area contributed by atoms with Crippen molar-refractivity contribution in [3.8, 4) is 0 Å². The number of amides is 3. The van der Waals surface area contributed by atoms with Crippen molar-refractivity contribution in [3.63, 3.8) is 0 Å². The van der Waals surface area contributed by atoms with Gasteiger partial charge in [0, 0.05) is 10.0 Å². The molecule has 0 bridgehead atoms.